The summed E-state index contributed by atoms with van der Waals surface area (Å²) in [7, 11) is 5.00. The molecule has 0 atom stereocenters. The lowest BCUT2D eigenvalue weighted by Gasteiger charge is -2.15. The van der Waals surface area contributed by atoms with Gasteiger partial charge in [-0.15, -0.1) is 0 Å². The van der Waals surface area contributed by atoms with Crippen molar-refractivity contribution in [1.29, 1.82) is 0 Å². The predicted molar refractivity (Wildman–Crippen MR) is 72.3 cm³/mol. The van der Waals surface area contributed by atoms with E-state index in [-0.39, 0.29) is 0 Å². The van der Waals surface area contributed by atoms with Crippen molar-refractivity contribution in [3.05, 3.63) is 23.3 Å². The molecule has 0 fully saturated rings. The Bertz CT molecular complexity index is 366. The van der Waals surface area contributed by atoms with E-state index in [4.69, 9.17) is 19.9 Å². The van der Waals surface area contributed by atoms with Crippen LogP contribution in [-0.2, 0) is 17.8 Å². The lowest BCUT2D eigenvalue weighted by Crippen LogP contribution is -2.02. The van der Waals surface area contributed by atoms with Crippen LogP contribution in [0.5, 0.6) is 11.5 Å². The van der Waals surface area contributed by atoms with Crippen LogP contribution >= 0.6 is 0 Å². The van der Waals surface area contributed by atoms with Gasteiger partial charge in [-0.3, -0.25) is 0 Å². The van der Waals surface area contributed by atoms with E-state index in [1.165, 1.54) is 0 Å². The van der Waals surface area contributed by atoms with Crippen LogP contribution in [0.4, 0.5) is 0 Å². The molecule has 0 saturated carbocycles. The standard InChI is InChI=1S/C14H23NO3/c1-16-10-11-8-12(6-4-5-7-15)14(18-3)13(9-11)17-2/h8-9H,4-7,10,15H2,1-3H3. The lowest BCUT2D eigenvalue weighted by atomic mass is 10.0. The highest BCUT2D eigenvalue weighted by molar-refractivity contribution is 5.49. The van der Waals surface area contributed by atoms with Crippen LogP contribution in [0, 0.1) is 0 Å². The highest BCUT2D eigenvalue weighted by atomic mass is 16.5. The highest BCUT2D eigenvalue weighted by Gasteiger charge is 2.12. The maximum atomic E-state index is 5.52. The first-order valence-corrected chi connectivity index (χ1v) is 6.19. The molecule has 0 aliphatic carbocycles. The molecule has 0 amide bonds. The molecule has 0 bridgehead atoms. The monoisotopic (exact) mass is 253 g/mol. The second-order valence-electron chi connectivity index (χ2n) is 4.17. The Balaban J connectivity index is 2.97. The van der Waals surface area contributed by atoms with E-state index in [9.17, 15) is 0 Å². The van der Waals surface area contributed by atoms with Gasteiger partial charge in [0, 0.05) is 7.11 Å². The van der Waals surface area contributed by atoms with E-state index in [1.807, 2.05) is 6.07 Å². The molecule has 18 heavy (non-hydrogen) atoms. The molecule has 102 valence electrons. The molecule has 4 nitrogen and oxygen atoms in total. The first-order valence-electron chi connectivity index (χ1n) is 6.19. The van der Waals surface area contributed by atoms with E-state index in [0.29, 0.717) is 6.61 Å². The molecule has 2 N–H and O–H groups in total. The van der Waals surface area contributed by atoms with Crippen molar-refractivity contribution in [2.24, 2.45) is 5.73 Å². The van der Waals surface area contributed by atoms with Crippen LogP contribution in [0.15, 0.2) is 12.1 Å². The third-order valence-corrected chi connectivity index (χ3v) is 2.83. The smallest absolute Gasteiger partial charge is 0.163 e. The molecule has 0 spiro atoms. The van der Waals surface area contributed by atoms with Crippen molar-refractivity contribution in [2.75, 3.05) is 27.9 Å². The maximum Gasteiger partial charge on any atom is 0.163 e. The molecule has 4 heteroatoms. The highest BCUT2D eigenvalue weighted by Crippen LogP contribution is 2.33. The van der Waals surface area contributed by atoms with E-state index >= 15 is 0 Å². The Morgan fingerprint density at radius 3 is 2.39 bits per heavy atom. The predicted octanol–water partition coefficient (Wildman–Crippen LogP) is 2.13. The number of rotatable bonds is 8. The summed E-state index contributed by atoms with van der Waals surface area (Å²) < 4.78 is 16.0. The number of benzene rings is 1. The summed E-state index contributed by atoms with van der Waals surface area (Å²) in [5.74, 6) is 1.57. The van der Waals surface area contributed by atoms with Gasteiger partial charge >= 0.3 is 0 Å². The first kappa shape index (κ1) is 14.8. The van der Waals surface area contributed by atoms with Crippen LogP contribution < -0.4 is 15.2 Å². The molecule has 0 aliphatic rings. The number of hydrogen-bond donors (Lipinski definition) is 1. The van der Waals surface area contributed by atoms with Crippen LogP contribution in [0.1, 0.15) is 24.0 Å². The fourth-order valence-electron chi connectivity index (χ4n) is 2.00. The molecule has 1 aromatic carbocycles. The van der Waals surface area contributed by atoms with Gasteiger partial charge in [-0.2, -0.15) is 0 Å². The summed E-state index contributed by atoms with van der Waals surface area (Å²) >= 11 is 0. The zero-order valence-electron chi connectivity index (χ0n) is 11.5. The number of unbranched alkanes of at least 4 members (excludes halogenated alkanes) is 1. The topological polar surface area (TPSA) is 53.7 Å². The summed E-state index contributed by atoms with van der Waals surface area (Å²) in [4.78, 5) is 0. The van der Waals surface area contributed by atoms with Crippen LogP contribution in [0.25, 0.3) is 0 Å². The number of ether oxygens (including phenoxy) is 3. The van der Waals surface area contributed by atoms with Crippen molar-refractivity contribution in [3.63, 3.8) is 0 Å². The molecule has 0 heterocycles. The van der Waals surface area contributed by atoms with Gasteiger partial charge in [-0.1, -0.05) is 0 Å². The first-order chi connectivity index (χ1) is 8.76. The third kappa shape index (κ3) is 3.89. The van der Waals surface area contributed by atoms with Crippen molar-refractivity contribution in [1.82, 2.24) is 0 Å². The SMILES string of the molecule is COCc1cc(CCCCN)c(OC)c(OC)c1. The Kier molecular flexibility index (Phi) is 6.54. The molecular formula is C14H23NO3. The van der Waals surface area contributed by atoms with Crippen molar-refractivity contribution in [3.8, 4) is 11.5 Å². The number of methoxy groups -OCH3 is 3. The summed E-state index contributed by atoms with van der Waals surface area (Å²) in [5, 5.41) is 0. The minimum absolute atomic E-state index is 0.574. The normalized spacial score (nSPS) is 10.4. The van der Waals surface area contributed by atoms with Crippen LogP contribution in [0.2, 0.25) is 0 Å². The molecule has 0 aliphatic heterocycles. The average Bonchev–Trinajstić information content (AvgIpc) is 2.39. The van der Waals surface area contributed by atoms with Gasteiger partial charge in [-0.05, 0) is 49.1 Å². The Morgan fingerprint density at radius 1 is 1.06 bits per heavy atom. The fourth-order valence-corrected chi connectivity index (χ4v) is 2.00. The minimum Gasteiger partial charge on any atom is -0.493 e. The largest absolute Gasteiger partial charge is 0.493 e. The summed E-state index contributed by atoms with van der Waals surface area (Å²) in [6, 6.07) is 4.07. The van der Waals surface area contributed by atoms with Gasteiger partial charge in [0.05, 0.1) is 20.8 Å². The Morgan fingerprint density at radius 2 is 1.83 bits per heavy atom. The average molecular weight is 253 g/mol. The van der Waals surface area contributed by atoms with Crippen molar-refractivity contribution in [2.45, 2.75) is 25.9 Å². The molecule has 0 unspecified atom stereocenters. The molecule has 0 radical (unpaired) electrons. The second kappa shape index (κ2) is 7.95. The quantitative estimate of drug-likeness (QED) is 0.721. The summed E-state index contributed by atoms with van der Waals surface area (Å²) in [6.45, 7) is 1.29. The molecule has 1 rings (SSSR count). The third-order valence-electron chi connectivity index (χ3n) is 2.83. The van der Waals surface area contributed by atoms with Crippen molar-refractivity contribution >= 4 is 0 Å². The number of nitrogens with two attached hydrogens (primary N) is 1. The molecule has 0 aromatic heterocycles. The van der Waals surface area contributed by atoms with Crippen LogP contribution in [-0.4, -0.2) is 27.9 Å². The summed E-state index contributed by atoms with van der Waals surface area (Å²) in [5.41, 5.74) is 7.77. The Hall–Kier alpha value is -1.26. The van der Waals surface area contributed by atoms with Gasteiger partial charge in [0.1, 0.15) is 0 Å². The van der Waals surface area contributed by atoms with Gasteiger partial charge in [-0.25, -0.2) is 0 Å². The van der Waals surface area contributed by atoms with E-state index in [0.717, 1.165) is 48.4 Å². The number of aryl methyl sites for hydroxylation is 1. The van der Waals surface area contributed by atoms with E-state index < -0.39 is 0 Å². The van der Waals surface area contributed by atoms with Crippen LogP contribution in [0.3, 0.4) is 0 Å². The van der Waals surface area contributed by atoms with E-state index in [2.05, 4.69) is 6.07 Å². The van der Waals surface area contributed by atoms with Gasteiger partial charge in [0.15, 0.2) is 11.5 Å². The summed E-state index contributed by atoms with van der Waals surface area (Å²) in [6.07, 6.45) is 3.00. The zero-order chi connectivity index (χ0) is 13.4. The van der Waals surface area contributed by atoms with E-state index in [1.54, 1.807) is 21.3 Å². The Labute approximate surface area is 109 Å². The molecule has 1 aromatic rings. The minimum atomic E-state index is 0.574. The number of hydrogen-bond acceptors (Lipinski definition) is 4. The molecular weight excluding hydrogens is 230 g/mol. The van der Waals surface area contributed by atoms with Gasteiger partial charge < -0.3 is 19.9 Å². The van der Waals surface area contributed by atoms with Crippen molar-refractivity contribution < 1.29 is 14.2 Å². The fraction of sp³-hybridized carbons (Fsp3) is 0.571. The second-order valence-corrected chi connectivity index (χ2v) is 4.17. The zero-order valence-corrected chi connectivity index (χ0v) is 11.5. The van der Waals surface area contributed by atoms with Gasteiger partial charge in [0.25, 0.3) is 0 Å². The molecule has 0 saturated heterocycles. The lowest BCUT2D eigenvalue weighted by molar-refractivity contribution is 0.184. The van der Waals surface area contributed by atoms with Gasteiger partial charge in [0.2, 0.25) is 0 Å². The maximum absolute atomic E-state index is 5.52.